The van der Waals surface area contributed by atoms with Crippen LogP contribution in [0.2, 0.25) is 0 Å². The van der Waals surface area contributed by atoms with Gasteiger partial charge in [0.15, 0.2) is 0 Å². The number of aryl methyl sites for hydroxylation is 1. The number of rotatable bonds is 5. The zero-order valence-electron chi connectivity index (χ0n) is 10.4. The molecule has 0 radical (unpaired) electrons. The summed E-state index contributed by atoms with van der Waals surface area (Å²) < 4.78 is 5.77. The third-order valence-electron chi connectivity index (χ3n) is 2.66. The minimum atomic E-state index is -1.09. The molecule has 20 heavy (non-hydrogen) atoms. The van der Waals surface area contributed by atoms with E-state index < -0.39 is 5.97 Å². The molecule has 0 saturated heterocycles. The standard InChI is InChI=1S/C14H12BrNO4/c15-9-3-5-12(11(8-9)14(18)19)16-13(17)6-4-10-2-1-7-20-10/h1-3,5,7-8H,4,6H2,(H,16,17)(H,18,19). The first kappa shape index (κ1) is 14.3. The summed E-state index contributed by atoms with van der Waals surface area (Å²) in [5.41, 5.74) is 0.330. The van der Waals surface area contributed by atoms with Gasteiger partial charge in [0.25, 0.3) is 0 Å². The molecule has 0 unspecified atom stereocenters. The van der Waals surface area contributed by atoms with Gasteiger partial charge in [-0.25, -0.2) is 4.79 Å². The highest BCUT2D eigenvalue weighted by atomic mass is 79.9. The van der Waals surface area contributed by atoms with Crippen LogP contribution < -0.4 is 5.32 Å². The van der Waals surface area contributed by atoms with E-state index in [1.165, 1.54) is 6.07 Å². The SMILES string of the molecule is O=C(CCc1ccco1)Nc1ccc(Br)cc1C(=O)O. The number of hydrogen-bond acceptors (Lipinski definition) is 3. The van der Waals surface area contributed by atoms with Crippen molar-refractivity contribution in [2.75, 3.05) is 5.32 Å². The van der Waals surface area contributed by atoms with E-state index in [0.717, 1.165) is 5.76 Å². The van der Waals surface area contributed by atoms with Crippen molar-refractivity contribution in [2.45, 2.75) is 12.8 Å². The molecular weight excluding hydrogens is 326 g/mol. The average Bonchev–Trinajstić information content (AvgIpc) is 2.91. The molecule has 5 nitrogen and oxygen atoms in total. The zero-order chi connectivity index (χ0) is 14.5. The van der Waals surface area contributed by atoms with Crippen molar-refractivity contribution in [3.8, 4) is 0 Å². The van der Waals surface area contributed by atoms with E-state index in [0.29, 0.717) is 10.9 Å². The topological polar surface area (TPSA) is 79.5 Å². The van der Waals surface area contributed by atoms with Crippen molar-refractivity contribution in [1.82, 2.24) is 0 Å². The highest BCUT2D eigenvalue weighted by Gasteiger charge is 2.13. The maximum absolute atomic E-state index is 11.8. The summed E-state index contributed by atoms with van der Waals surface area (Å²) in [6.45, 7) is 0. The van der Waals surface area contributed by atoms with Crippen LogP contribution in [0.4, 0.5) is 5.69 Å². The highest BCUT2D eigenvalue weighted by Crippen LogP contribution is 2.21. The number of carbonyl (C=O) groups is 2. The maximum atomic E-state index is 11.8. The molecule has 1 amide bonds. The second kappa shape index (κ2) is 6.38. The molecule has 0 aliphatic rings. The van der Waals surface area contributed by atoms with Crippen molar-refractivity contribution < 1.29 is 19.1 Å². The Balaban J connectivity index is 2.02. The van der Waals surface area contributed by atoms with Crippen LogP contribution >= 0.6 is 15.9 Å². The van der Waals surface area contributed by atoms with Crippen LogP contribution in [0, 0.1) is 0 Å². The number of anilines is 1. The Morgan fingerprint density at radius 1 is 1.30 bits per heavy atom. The average molecular weight is 338 g/mol. The molecule has 0 aliphatic heterocycles. The van der Waals surface area contributed by atoms with E-state index in [2.05, 4.69) is 21.2 Å². The highest BCUT2D eigenvalue weighted by molar-refractivity contribution is 9.10. The molecule has 0 saturated carbocycles. The lowest BCUT2D eigenvalue weighted by Crippen LogP contribution is -2.15. The van der Waals surface area contributed by atoms with Crippen molar-refractivity contribution >= 4 is 33.5 Å². The molecule has 0 atom stereocenters. The summed E-state index contributed by atoms with van der Waals surface area (Å²) in [6, 6.07) is 8.22. The van der Waals surface area contributed by atoms with E-state index in [4.69, 9.17) is 9.52 Å². The number of hydrogen-bond donors (Lipinski definition) is 2. The number of carboxylic acid groups (broad SMARTS) is 1. The third kappa shape index (κ3) is 3.71. The van der Waals surface area contributed by atoms with Crippen LogP contribution in [0.25, 0.3) is 0 Å². The zero-order valence-corrected chi connectivity index (χ0v) is 12.0. The van der Waals surface area contributed by atoms with Gasteiger partial charge in [-0.15, -0.1) is 0 Å². The number of amides is 1. The minimum absolute atomic E-state index is 0.0470. The molecule has 1 heterocycles. The molecule has 104 valence electrons. The first-order chi connectivity index (χ1) is 9.56. The van der Waals surface area contributed by atoms with Gasteiger partial charge in [-0.1, -0.05) is 15.9 Å². The maximum Gasteiger partial charge on any atom is 0.337 e. The summed E-state index contributed by atoms with van der Waals surface area (Å²) in [5, 5.41) is 11.7. The van der Waals surface area contributed by atoms with E-state index in [9.17, 15) is 9.59 Å². The van der Waals surface area contributed by atoms with E-state index in [-0.39, 0.29) is 23.6 Å². The second-order valence-corrected chi connectivity index (χ2v) is 5.04. The lowest BCUT2D eigenvalue weighted by Gasteiger charge is -2.08. The molecule has 0 fully saturated rings. The summed E-state index contributed by atoms with van der Waals surface area (Å²) in [4.78, 5) is 22.9. The first-order valence-electron chi connectivity index (χ1n) is 5.91. The summed E-state index contributed by atoms with van der Waals surface area (Å²) in [6.07, 6.45) is 2.24. The number of benzene rings is 1. The quantitative estimate of drug-likeness (QED) is 0.877. The van der Waals surface area contributed by atoms with Gasteiger partial charge in [-0.3, -0.25) is 4.79 Å². The predicted octanol–water partition coefficient (Wildman–Crippen LogP) is 3.31. The fraction of sp³-hybridized carbons (Fsp3) is 0.143. The van der Waals surface area contributed by atoms with Gasteiger partial charge in [-0.05, 0) is 30.3 Å². The molecule has 1 aromatic carbocycles. The van der Waals surface area contributed by atoms with Crippen molar-refractivity contribution in [2.24, 2.45) is 0 Å². The first-order valence-corrected chi connectivity index (χ1v) is 6.70. The van der Waals surface area contributed by atoms with Crippen LogP contribution in [0.5, 0.6) is 0 Å². The van der Waals surface area contributed by atoms with Gasteiger partial charge >= 0.3 is 5.97 Å². The smallest absolute Gasteiger partial charge is 0.337 e. The Hall–Kier alpha value is -2.08. The second-order valence-electron chi connectivity index (χ2n) is 4.12. The van der Waals surface area contributed by atoms with Gasteiger partial charge in [0.1, 0.15) is 5.76 Å². The van der Waals surface area contributed by atoms with Crippen LogP contribution in [0.1, 0.15) is 22.5 Å². The Morgan fingerprint density at radius 3 is 2.75 bits per heavy atom. The van der Waals surface area contributed by atoms with Gasteiger partial charge in [0.2, 0.25) is 5.91 Å². The van der Waals surface area contributed by atoms with Crippen molar-refractivity contribution in [3.63, 3.8) is 0 Å². The molecule has 2 rings (SSSR count). The monoisotopic (exact) mass is 337 g/mol. The fourth-order valence-electron chi connectivity index (χ4n) is 1.71. The third-order valence-corrected chi connectivity index (χ3v) is 3.16. The van der Waals surface area contributed by atoms with E-state index >= 15 is 0 Å². The van der Waals surface area contributed by atoms with Crippen molar-refractivity contribution in [3.05, 3.63) is 52.4 Å². The van der Waals surface area contributed by atoms with E-state index in [1.807, 2.05) is 0 Å². The van der Waals surface area contributed by atoms with Gasteiger partial charge < -0.3 is 14.8 Å². The molecule has 2 aromatic rings. The number of halogens is 1. The Labute approximate surface area is 123 Å². The molecule has 1 aromatic heterocycles. The largest absolute Gasteiger partial charge is 0.478 e. The molecule has 0 bridgehead atoms. The number of nitrogens with one attached hydrogen (secondary N) is 1. The number of carboxylic acids is 1. The van der Waals surface area contributed by atoms with Crippen LogP contribution in [0.3, 0.4) is 0 Å². The normalized spacial score (nSPS) is 10.2. The van der Waals surface area contributed by atoms with Gasteiger partial charge in [0.05, 0.1) is 17.5 Å². The minimum Gasteiger partial charge on any atom is -0.478 e. The van der Waals surface area contributed by atoms with Crippen LogP contribution in [0.15, 0.2) is 45.5 Å². The van der Waals surface area contributed by atoms with E-state index in [1.54, 1.807) is 30.5 Å². The fourth-order valence-corrected chi connectivity index (χ4v) is 2.07. The molecule has 0 spiro atoms. The lowest BCUT2D eigenvalue weighted by molar-refractivity contribution is -0.116. The molecule has 0 aliphatic carbocycles. The molecule has 6 heteroatoms. The predicted molar refractivity (Wildman–Crippen MR) is 76.8 cm³/mol. The lowest BCUT2D eigenvalue weighted by atomic mass is 10.1. The van der Waals surface area contributed by atoms with Gasteiger partial charge in [-0.2, -0.15) is 0 Å². The summed E-state index contributed by atoms with van der Waals surface area (Å²) in [7, 11) is 0. The Kier molecular flexibility index (Phi) is 4.57. The van der Waals surface area contributed by atoms with Gasteiger partial charge in [0, 0.05) is 17.3 Å². The molecular formula is C14H12BrNO4. The molecule has 2 N–H and O–H groups in total. The summed E-state index contributed by atoms with van der Waals surface area (Å²) in [5.74, 6) is -0.631. The Morgan fingerprint density at radius 2 is 2.10 bits per heavy atom. The Bertz CT molecular complexity index is 622. The number of furan rings is 1. The summed E-state index contributed by atoms with van der Waals surface area (Å²) >= 11 is 3.20. The number of aromatic carboxylic acids is 1. The van der Waals surface area contributed by atoms with Crippen molar-refractivity contribution in [1.29, 1.82) is 0 Å². The van der Waals surface area contributed by atoms with Crippen LogP contribution in [-0.4, -0.2) is 17.0 Å². The van der Waals surface area contributed by atoms with Crippen LogP contribution in [-0.2, 0) is 11.2 Å². The number of carbonyl (C=O) groups excluding carboxylic acids is 1.